The van der Waals surface area contributed by atoms with Crippen LogP contribution in [0.2, 0.25) is 0 Å². The van der Waals surface area contributed by atoms with Crippen molar-refractivity contribution in [3.63, 3.8) is 0 Å². The first-order valence-corrected chi connectivity index (χ1v) is 9.09. The number of halogens is 1. The van der Waals surface area contributed by atoms with E-state index in [1.807, 2.05) is 6.07 Å². The number of carbonyl (C=O) groups is 1. The molecular weight excluding hydrogens is 380 g/mol. The number of aryl methyl sites for hydroxylation is 2. The quantitative estimate of drug-likeness (QED) is 0.843. The molecule has 122 valence electrons. The van der Waals surface area contributed by atoms with Gasteiger partial charge in [-0.1, -0.05) is 34.1 Å². The predicted molar refractivity (Wildman–Crippen MR) is 93.8 cm³/mol. The number of hydrogen-bond donors (Lipinski definition) is 1. The van der Waals surface area contributed by atoms with Crippen molar-refractivity contribution in [2.24, 2.45) is 5.73 Å². The summed E-state index contributed by atoms with van der Waals surface area (Å²) in [5.41, 5.74) is 7.27. The van der Waals surface area contributed by atoms with Crippen molar-refractivity contribution in [1.82, 2.24) is 0 Å². The maximum absolute atomic E-state index is 13.0. The lowest BCUT2D eigenvalue weighted by molar-refractivity contribution is -0.116. The third-order valence-corrected chi connectivity index (χ3v) is 5.68. The Morgan fingerprint density at radius 1 is 1.09 bits per heavy atom. The molecule has 0 bridgehead atoms. The number of hydrogen-bond acceptors (Lipinski definition) is 3. The molecule has 2 N–H and O–H groups in total. The van der Waals surface area contributed by atoms with Gasteiger partial charge in [0.15, 0.2) is 0 Å². The minimum absolute atomic E-state index is 0.101. The fraction of sp³-hybridized carbons (Fsp3) is 0.188. The van der Waals surface area contributed by atoms with E-state index in [2.05, 4.69) is 15.9 Å². The van der Waals surface area contributed by atoms with Gasteiger partial charge in [0.1, 0.15) is 6.54 Å². The lowest BCUT2D eigenvalue weighted by atomic mass is 10.1. The second-order valence-corrected chi connectivity index (χ2v) is 7.95. The number of amides is 1. The molecule has 0 aliphatic rings. The molecule has 5 nitrogen and oxygen atoms in total. The van der Waals surface area contributed by atoms with Crippen LogP contribution in [0.4, 0.5) is 5.69 Å². The lowest BCUT2D eigenvalue weighted by Gasteiger charge is -2.26. The minimum Gasteiger partial charge on any atom is -0.368 e. The number of primary amides is 1. The highest BCUT2D eigenvalue weighted by molar-refractivity contribution is 9.10. The summed E-state index contributed by atoms with van der Waals surface area (Å²) >= 11 is 3.28. The second-order valence-electron chi connectivity index (χ2n) is 5.17. The Balaban J connectivity index is 2.63. The molecule has 0 fully saturated rings. The molecule has 2 rings (SSSR count). The van der Waals surface area contributed by atoms with E-state index in [4.69, 9.17) is 5.73 Å². The topological polar surface area (TPSA) is 80.5 Å². The van der Waals surface area contributed by atoms with Crippen LogP contribution in [0.15, 0.2) is 51.8 Å². The second kappa shape index (κ2) is 6.72. The van der Waals surface area contributed by atoms with Gasteiger partial charge in [-0.15, -0.1) is 0 Å². The summed E-state index contributed by atoms with van der Waals surface area (Å²) in [6, 6.07) is 11.7. The summed E-state index contributed by atoms with van der Waals surface area (Å²) in [6.07, 6.45) is 0. The van der Waals surface area contributed by atoms with E-state index in [9.17, 15) is 13.2 Å². The molecule has 1 amide bonds. The number of anilines is 1. The Kier molecular flexibility index (Phi) is 5.11. The molecule has 0 radical (unpaired) electrons. The van der Waals surface area contributed by atoms with Crippen LogP contribution in [0.5, 0.6) is 0 Å². The van der Waals surface area contributed by atoms with E-state index >= 15 is 0 Å². The van der Waals surface area contributed by atoms with Gasteiger partial charge in [0, 0.05) is 4.47 Å². The number of rotatable bonds is 5. The summed E-state index contributed by atoms with van der Waals surface area (Å²) in [5, 5.41) is 0. The van der Waals surface area contributed by atoms with Crippen LogP contribution >= 0.6 is 15.9 Å². The van der Waals surface area contributed by atoms with Gasteiger partial charge in [-0.2, -0.15) is 0 Å². The van der Waals surface area contributed by atoms with Crippen molar-refractivity contribution in [3.05, 3.63) is 58.1 Å². The SMILES string of the molecule is Cc1cccc(C)c1N(CC(N)=O)S(=O)(=O)c1ccc(Br)cc1. The van der Waals surface area contributed by atoms with Crippen molar-refractivity contribution >= 4 is 37.5 Å². The van der Waals surface area contributed by atoms with Gasteiger partial charge in [-0.3, -0.25) is 9.10 Å². The Morgan fingerprint density at radius 3 is 2.09 bits per heavy atom. The van der Waals surface area contributed by atoms with Crippen LogP contribution in [0.1, 0.15) is 11.1 Å². The van der Waals surface area contributed by atoms with Gasteiger partial charge >= 0.3 is 0 Å². The first-order chi connectivity index (χ1) is 10.7. The van der Waals surface area contributed by atoms with Crippen LogP contribution in [-0.4, -0.2) is 20.9 Å². The zero-order valence-electron chi connectivity index (χ0n) is 12.8. The number of nitrogens with zero attached hydrogens (tertiary/aromatic N) is 1. The summed E-state index contributed by atoms with van der Waals surface area (Å²) in [5.74, 6) is -0.715. The minimum atomic E-state index is -3.90. The van der Waals surface area contributed by atoms with Crippen LogP contribution in [0.3, 0.4) is 0 Å². The van der Waals surface area contributed by atoms with E-state index in [1.54, 1.807) is 38.1 Å². The largest absolute Gasteiger partial charge is 0.368 e. The molecule has 23 heavy (non-hydrogen) atoms. The first-order valence-electron chi connectivity index (χ1n) is 6.86. The van der Waals surface area contributed by atoms with Gasteiger partial charge in [0.05, 0.1) is 10.6 Å². The van der Waals surface area contributed by atoms with E-state index in [1.165, 1.54) is 12.1 Å². The summed E-state index contributed by atoms with van der Waals surface area (Å²) in [4.78, 5) is 11.5. The molecule has 0 atom stereocenters. The molecule has 0 saturated carbocycles. The molecule has 7 heteroatoms. The molecule has 2 aromatic rings. The standard InChI is InChI=1S/C16H17BrN2O3S/c1-11-4-3-5-12(2)16(11)19(10-15(18)20)23(21,22)14-8-6-13(17)7-9-14/h3-9H,10H2,1-2H3,(H2,18,20). The van der Waals surface area contributed by atoms with Gasteiger partial charge in [-0.05, 0) is 49.2 Å². The third-order valence-electron chi connectivity index (χ3n) is 3.39. The Morgan fingerprint density at radius 2 is 1.61 bits per heavy atom. The van der Waals surface area contributed by atoms with Crippen LogP contribution in [0, 0.1) is 13.8 Å². The summed E-state index contributed by atoms with van der Waals surface area (Å²) in [6.45, 7) is 3.19. The first kappa shape index (κ1) is 17.5. The molecule has 0 unspecified atom stereocenters. The zero-order chi connectivity index (χ0) is 17.2. The average molecular weight is 397 g/mol. The van der Waals surface area contributed by atoms with Crippen molar-refractivity contribution in [1.29, 1.82) is 0 Å². The molecule has 0 saturated heterocycles. The van der Waals surface area contributed by atoms with Crippen molar-refractivity contribution in [3.8, 4) is 0 Å². The maximum atomic E-state index is 13.0. The van der Waals surface area contributed by atoms with Gasteiger partial charge in [0.2, 0.25) is 5.91 Å². The maximum Gasteiger partial charge on any atom is 0.264 e. The molecular formula is C16H17BrN2O3S. The molecule has 0 aromatic heterocycles. The van der Waals surface area contributed by atoms with E-state index in [0.29, 0.717) is 5.69 Å². The molecule has 2 aromatic carbocycles. The smallest absolute Gasteiger partial charge is 0.264 e. The number of para-hydroxylation sites is 1. The summed E-state index contributed by atoms with van der Waals surface area (Å²) < 4.78 is 27.8. The molecule has 0 spiro atoms. The van der Waals surface area contributed by atoms with Gasteiger partial charge < -0.3 is 5.73 Å². The molecule has 0 aliphatic heterocycles. The van der Waals surface area contributed by atoms with Gasteiger partial charge in [0.25, 0.3) is 10.0 Å². The van der Waals surface area contributed by atoms with E-state index < -0.39 is 22.5 Å². The van der Waals surface area contributed by atoms with Crippen LogP contribution in [0.25, 0.3) is 0 Å². The third kappa shape index (κ3) is 3.73. The highest BCUT2D eigenvalue weighted by atomic mass is 79.9. The van der Waals surface area contributed by atoms with Crippen molar-refractivity contribution in [2.45, 2.75) is 18.7 Å². The lowest BCUT2D eigenvalue weighted by Crippen LogP contribution is -2.39. The zero-order valence-corrected chi connectivity index (χ0v) is 15.2. The highest BCUT2D eigenvalue weighted by Gasteiger charge is 2.28. The predicted octanol–water partition coefficient (Wildman–Crippen LogP) is 2.75. The number of sulfonamides is 1. The fourth-order valence-electron chi connectivity index (χ4n) is 2.36. The van der Waals surface area contributed by atoms with Crippen molar-refractivity contribution in [2.75, 3.05) is 10.8 Å². The monoisotopic (exact) mass is 396 g/mol. The molecule has 0 aliphatic carbocycles. The normalized spacial score (nSPS) is 11.3. The Hall–Kier alpha value is -1.86. The van der Waals surface area contributed by atoms with Crippen molar-refractivity contribution < 1.29 is 13.2 Å². The number of benzene rings is 2. The Labute approximate surface area is 144 Å². The average Bonchev–Trinajstić information content (AvgIpc) is 2.46. The fourth-order valence-corrected chi connectivity index (χ4v) is 4.18. The number of carbonyl (C=O) groups excluding carboxylic acids is 1. The number of nitrogens with two attached hydrogens (primary N) is 1. The van der Waals surface area contributed by atoms with E-state index in [-0.39, 0.29) is 4.90 Å². The van der Waals surface area contributed by atoms with Crippen LogP contribution in [-0.2, 0) is 14.8 Å². The summed E-state index contributed by atoms with van der Waals surface area (Å²) in [7, 11) is -3.90. The Bertz CT molecular complexity index is 813. The van der Waals surface area contributed by atoms with Crippen LogP contribution < -0.4 is 10.0 Å². The van der Waals surface area contributed by atoms with E-state index in [0.717, 1.165) is 19.9 Å². The highest BCUT2D eigenvalue weighted by Crippen LogP contribution is 2.30. The van der Waals surface area contributed by atoms with Gasteiger partial charge in [-0.25, -0.2) is 8.42 Å². The molecule has 0 heterocycles.